The number of rotatable bonds is 24. The molecule has 15 atom stereocenters. The van der Waals surface area contributed by atoms with Crippen LogP contribution in [0.25, 0.3) is 0 Å². The van der Waals surface area contributed by atoms with Crippen LogP contribution in [-0.2, 0) is 57.4 Å². The van der Waals surface area contributed by atoms with Gasteiger partial charge in [0.05, 0.1) is 57.5 Å². The van der Waals surface area contributed by atoms with Crippen molar-refractivity contribution < 1.29 is 103 Å². The first-order chi connectivity index (χ1) is 39.8. The zero-order valence-electron chi connectivity index (χ0n) is 46.8. The number of primary amides is 1. The van der Waals surface area contributed by atoms with Crippen molar-refractivity contribution in [3.05, 3.63) is 29.8 Å². The Morgan fingerprint density at radius 1 is 0.702 bits per heavy atom. The van der Waals surface area contributed by atoms with Gasteiger partial charge in [0.1, 0.15) is 60.4 Å². The van der Waals surface area contributed by atoms with E-state index in [2.05, 4.69) is 44.1 Å². The number of carbonyl (C=O) groups is 10. The van der Waals surface area contributed by atoms with Crippen LogP contribution in [0.4, 0.5) is 0 Å². The Morgan fingerprint density at radius 3 is 1.92 bits per heavy atom. The number of phenolic OH excluding ortho intramolecular Hbond substituents is 1. The summed E-state index contributed by atoms with van der Waals surface area (Å²) in [7, 11) is 0. The number of hydrogen-bond acceptors (Lipinski definition) is 22. The molecule has 32 nitrogen and oxygen atoms in total. The molecular formula is C52H85N11O21. The van der Waals surface area contributed by atoms with Crippen LogP contribution < -0.4 is 59.7 Å². The summed E-state index contributed by atoms with van der Waals surface area (Å²) in [5.74, 6) is -12.9. The van der Waals surface area contributed by atoms with Gasteiger partial charge in [0, 0.05) is 25.0 Å². The van der Waals surface area contributed by atoms with Crippen molar-refractivity contribution in [1.29, 1.82) is 0 Å². The first kappa shape index (κ1) is 71.5. The molecule has 474 valence electrons. The lowest BCUT2D eigenvalue weighted by molar-refractivity contribution is -0.285. The maximum absolute atomic E-state index is 14.2. The van der Waals surface area contributed by atoms with Gasteiger partial charge in [-0.3, -0.25) is 47.9 Å². The number of amides is 9. The van der Waals surface area contributed by atoms with Crippen LogP contribution in [0.1, 0.15) is 115 Å². The predicted molar refractivity (Wildman–Crippen MR) is 291 cm³/mol. The minimum atomic E-state index is -2.24. The third-order valence-corrected chi connectivity index (χ3v) is 13.8. The Morgan fingerprint density at radius 2 is 1.29 bits per heavy atom. The molecule has 23 N–H and O–H groups in total. The SMILES string of the molecule is CCCCCCCCCC(N)CC(O)CC(CC1CC(=O)NC(CO)C(=O)NC(C(O)c2ccc(O)cc2)C(=O)NC(CC(=O)O)C(=O)NC(CO)C(=O)NCC(=O)NCCC(N)C(=O)NC(CC(N)=O)C(=O)N1)O[C@@H]1OC[C@@H](O)[C@H](O)[C@H]1O. The van der Waals surface area contributed by atoms with E-state index in [-0.39, 0.29) is 37.1 Å². The number of aliphatic hydroxyl groups excluding tert-OH is 7. The molecule has 32 heteroatoms. The monoisotopic (exact) mass is 1200 g/mol. The second-order valence-corrected chi connectivity index (χ2v) is 20.9. The van der Waals surface area contributed by atoms with E-state index in [1.807, 2.05) is 5.32 Å². The average Bonchev–Trinajstić information content (AvgIpc) is 3.62. The number of ether oxygens (including phenoxy) is 2. The van der Waals surface area contributed by atoms with Crippen LogP contribution >= 0.6 is 0 Å². The summed E-state index contributed by atoms with van der Waals surface area (Å²) < 4.78 is 11.6. The minimum Gasteiger partial charge on any atom is -0.508 e. The number of aliphatic hydroxyl groups is 7. The van der Waals surface area contributed by atoms with Gasteiger partial charge in [0.15, 0.2) is 6.29 Å². The molecule has 9 amide bonds. The molecule has 0 aliphatic carbocycles. The molecule has 11 unspecified atom stereocenters. The van der Waals surface area contributed by atoms with Crippen LogP contribution in [0, 0.1) is 0 Å². The molecule has 3 rings (SSSR count). The van der Waals surface area contributed by atoms with E-state index in [1.165, 1.54) is 0 Å². The Kier molecular flexibility index (Phi) is 31.4. The Bertz CT molecular complexity index is 2320. The third kappa shape index (κ3) is 25.2. The molecule has 0 spiro atoms. The van der Waals surface area contributed by atoms with Crippen LogP contribution in [0.15, 0.2) is 24.3 Å². The van der Waals surface area contributed by atoms with Gasteiger partial charge >= 0.3 is 5.97 Å². The number of nitrogens with two attached hydrogens (primary N) is 3. The van der Waals surface area contributed by atoms with Gasteiger partial charge in [-0.2, -0.15) is 0 Å². The van der Waals surface area contributed by atoms with Crippen molar-refractivity contribution >= 4 is 59.1 Å². The molecule has 2 aliphatic heterocycles. The molecule has 2 fully saturated rings. The molecule has 1 aromatic rings. The maximum atomic E-state index is 14.2. The fraction of sp³-hybridized carbons (Fsp3) is 0.692. The molecule has 2 heterocycles. The van der Waals surface area contributed by atoms with Gasteiger partial charge in [-0.1, -0.05) is 64.0 Å². The molecule has 0 aromatic heterocycles. The van der Waals surface area contributed by atoms with Gasteiger partial charge in [-0.05, 0) is 49.8 Å². The minimum absolute atomic E-state index is 0.00117. The molecule has 1 aromatic carbocycles. The highest BCUT2D eigenvalue weighted by Gasteiger charge is 2.41. The van der Waals surface area contributed by atoms with Crippen molar-refractivity contribution in [2.24, 2.45) is 17.2 Å². The van der Waals surface area contributed by atoms with E-state index in [0.29, 0.717) is 6.42 Å². The lowest BCUT2D eigenvalue weighted by Gasteiger charge is -2.38. The number of aromatic hydroxyl groups is 1. The molecule has 0 radical (unpaired) electrons. The second-order valence-electron chi connectivity index (χ2n) is 20.9. The molecule has 2 aliphatic rings. The van der Waals surface area contributed by atoms with Crippen molar-refractivity contribution in [3.8, 4) is 5.75 Å². The molecular weight excluding hydrogens is 1110 g/mol. The summed E-state index contributed by atoms with van der Waals surface area (Å²) in [6.45, 7) is -1.95. The Hall–Kier alpha value is -6.72. The van der Waals surface area contributed by atoms with Gasteiger partial charge < -0.3 is 115 Å². The van der Waals surface area contributed by atoms with Gasteiger partial charge in [-0.15, -0.1) is 0 Å². The van der Waals surface area contributed by atoms with Crippen molar-refractivity contribution in [1.82, 2.24) is 42.5 Å². The van der Waals surface area contributed by atoms with Crippen molar-refractivity contribution in [2.75, 3.05) is 32.9 Å². The third-order valence-electron chi connectivity index (χ3n) is 13.8. The second kappa shape index (κ2) is 36.9. The topological polar surface area (TPSA) is 546 Å². The Balaban J connectivity index is 2.12. The summed E-state index contributed by atoms with van der Waals surface area (Å²) in [6.07, 6.45) is -8.31. The van der Waals surface area contributed by atoms with Crippen LogP contribution in [-0.4, -0.2) is 223 Å². The number of carboxylic acid groups (broad SMARTS) is 1. The highest BCUT2D eigenvalue weighted by Crippen LogP contribution is 2.25. The quantitative estimate of drug-likeness (QED) is 0.0428. The number of benzene rings is 1. The summed E-state index contributed by atoms with van der Waals surface area (Å²) in [6, 6.07) is -9.29. The van der Waals surface area contributed by atoms with E-state index in [9.17, 15) is 93.9 Å². The maximum Gasteiger partial charge on any atom is 0.305 e. The first-order valence-corrected chi connectivity index (χ1v) is 27.8. The standard InChI is InChI=1S/C52H85N11O21/c1-2-3-4-5-6-7-8-9-27(53)16-30(67)19-31(84-52-45(76)44(75)37(68)25-83-52)17-28-18-39(70)59-36(24-65)50(81)63-42(43(74)26-10-12-29(66)13-11-26)51(82)61-34(21-41(72)73)49(80)62-35(23-64)47(78)57-22-40(71)56-15-14-32(54)46(77)60-33(20-38(55)69)48(79)58-28/h10-13,27-28,30-37,42-45,52,64-68,74-76H,2-9,14-25,53-54H2,1H3,(H2,55,69)(H,56,71)(H,57,78)(H,58,79)(H,59,70)(H,60,77)(H,61,82)(H,62,80)(H,63,81)(H,72,73)/t27?,28?,30?,31?,32?,33?,34?,35?,36?,37-,42?,43?,44+,45-,52+/m1/s1. The highest BCUT2D eigenvalue weighted by atomic mass is 16.7. The number of unbranched alkanes of at least 4 members (excludes halogenated alkanes) is 6. The van der Waals surface area contributed by atoms with E-state index >= 15 is 0 Å². The molecule has 84 heavy (non-hydrogen) atoms. The molecule has 0 bridgehead atoms. The zero-order chi connectivity index (χ0) is 62.6. The number of carboxylic acids is 1. The van der Waals surface area contributed by atoms with E-state index in [0.717, 1.165) is 69.2 Å². The number of aliphatic carboxylic acids is 1. The number of carbonyl (C=O) groups excluding carboxylic acids is 9. The predicted octanol–water partition coefficient (Wildman–Crippen LogP) is -7.15. The van der Waals surface area contributed by atoms with Crippen LogP contribution in [0.5, 0.6) is 5.75 Å². The summed E-state index contributed by atoms with van der Waals surface area (Å²) >= 11 is 0. The summed E-state index contributed by atoms with van der Waals surface area (Å²) in [5, 5.41) is 112. The van der Waals surface area contributed by atoms with E-state index in [4.69, 9.17) is 26.7 Å². The van der Waals surface area contributed by atoms with E-state index in [1.54, 1.807) is 0 Å². The lowest BCUT2D eigenvalue weighted by atomic mass is 9.95. The van der Waals surface area contributed by atoms with Crippen molar-refractivity contribution in [3.63, 3.8) is 0 Å². The van der Waals surface area contributed by atoms with Crippen molar-refractivity contribution in [2.45, 2.75) is 194 Å². The summed E-state index contributed by atoms with van der Waals surface area (Å²) in [4.78, 5) is 134. The first-order valence-electron chi connectivity index (χ1n) is 27.8. The normalized spacial score (nSPS) is 27.6. The largest absolute Gasteiger partial charge is 0.508 e. The number of hydrogen-bond donors (Lipinski definition) is 20. The molecule has 0 saturated carbocycles. The van der Waals surface area contributed by atoms with Gasteiger partial charge in [0.25, 0.3) is 0 Å². The van der Waals surface area contributed by atoms with Gasteiger partial charge in [-0.25, -0.2) is 0 Å². The smallest absolute Gasteiger partial charge is 0.305 e. The van der Waals surface area contributed by atoms with Crippen LogP contribution in [0.3, 0.4) is 0 Å². The van der Waals surface area contributed by atoms with E-state index < -0.39 is 202 Å². The number of phenols is 1. The van der Waals surface area contributed by atoms with Gasteiger partial charge in [0.2, 0.25) is 53.2 Å². The lowest BCUT2D eigenvalue weighted by Crippen LogP contribution is -2.60. The fourth-order valence-electron chi connectivity index (χ4n) is 9.07. The molecule has 2 saturated heterocycles. The van der Waals surface area contributed by atoms with Crippen LogP contribution in [0.2, 0.25) is 0 Å². The Labute approximate surface area is 484 Å². The number of nitrogens with one attached hydrogen (secondary N) is 8. The highest BCUT2D eigenvalue weighted by molar-refractivity contribution is 5.98. The average molecular weight is 1200 g/mol. The fourth-order valence-corrected chi connectivity index (χ4v) is 9.07. The zero-order valence-corrected chi connectivity index (χ0v) is 46.8. The summed E-state index contributed by atoms with van der Waals surface area (Å²) in [5.41, 5.74) is 17.8.